The Morgan fingerprint density at radius 2 is 0.755 bits per heavy atom. The summed E-state index contributed by atoms with van der Waals surface area (Å²) in [6.07, 6.45) is 7.31. The van der Waals surface area contributed by atoms with Crippen molar-refractivity contribution in [2.45, 2.75) is 136 Å². The first kappa shape index (κ1) is 51.4. The van der Waals surface area contributed by atoms with Gasteiger partial charge >= 0.3 is 48.3 Å². The SMILES string of the molecule is C1=C\CC/C=C\CC/1.CC(C)OC(=O)[C@@H]1OP(OCCCOP2O[C@@H](C(=O)OC(C)C)[C@H](C(=O)OC(C)C)O2)O[C@H]1C(=O)OC(C)C.F[B-](F)(F)F.[Rh]. The molecule has 0 unspecified atom stereocenters. The van der Waals surface area contributed by atoms with Crippen molar-refractivity contribution in [3.63, 3.8) is 0 Å². The van der Waals surface area contributed by atoms with Gasteiger partial charge in [-0.25, -0.2) is 19.2 Å². The molecule has 0 saturated carbocycles. The van der Waals surface area contributed by atoms with Crippen molar-refractivity contribution >= 4 is 48.3 Å². The molecule has 309 valence electrons. The van der Waals surface area contributed by atoms with E-state index in [1.807, 2.05) is 0 Å². The second kappa shape index (κ2) is 27.1. The molecule has 53 heavy (non-hydrogen) atoms. The van der Waals surface area contributed by atoms with Crippen LogP contribution in [-0.4, -0.2) is 93.2 Å². The van der Waals surface area contributed by atoms with Crippen LogP contribution in [0.25, 0.3) is 0 Å². The fourth-order valence-electron chi connectivity index (χ4n) is 3.82. The molecule has 0 aromatic carbocycles. The number of ether oxygens (including phenoxy) is 4. The smallest absolute Gasteiger partial charge is 0.461 e. The maximum absolute atomic E-state index is 12.4. The van der Waals surface area contributed by atoms with Crippen molar-refractivity contribution in [1.29, 1.82) is 0 Å². The fourth-order valence-corrected chi connectivity index (χ4v) is 6.25. The molecule has 0 amide bonds. The average molecular weight is 898 g/mol. The van der Waals surface area contributed by atoms with Gasteiger partial charge in [-0.15, -0.1) is 0 Å². The van der Waals surface area contributed by atoms with Gasteiger partial charge in [0, 0.05) is 19.5 Å². The molecule has 0 bridgehead atoms. The Kier molecular flexibility index (Phi) is 26.2. The average Bonchev–Trinajstić information content (AvgIpc) is 3.60. The largest absolute Gasteiger partial charge is 0.673 e. The van der Waals surface area contributed by atoms with Crippen LogP contribution in [0.15, 0.2) is 24.3 Å². The molecule has 1 radical (unpaired) electrons. The molecule has 2 saturated heterocycles. The van der Waals surface area contributed by atoms with Gasteiger partial charge in [0.15, 0.2) is 0 Å². The van der Waals surface area contributed by atoms with Gasteiger partial charge in [0.25, 0.3) is 0 Å². The third-order valence-electron chi connectivity index (χ3n) is 5.70. The third kappa shape index (κ3) is 23.8. The van der Waals surface area contributed by atoms with Crippen LogP contribution in [0.2, 0.25) is 0 Å². The minimum atomic E-state index is -6.00. The topological polar surface area (TPSA) is 161 Å². The van der Waals surface area contributed by atoms with E-state index in [-0.39, 0.29) is 32.7 Å². The molecule has 22 heteroatoms. The minimum Gasteiger partial charge on any atom is -0.461 e. The Bertz CT molecular complexity index is 1010. The summed E-state index contributed by atoms with van der Waals surface area (Å²) in [6, 6.07) is 0. The molecule has 2 fully saturated rings. The summed E-state index contributed by atoms with van der Waals surface area (Å²) >= 11 is 0. The number of halogens is 4. The van der Waals surface area contributed by atoms with Crippen LogP contribution in [0.5, 0.6) is 0 Å². The molecule has 4 atom stereocenters. The standard InChI is InChI=1S/C23H38O14P2.C8H12.BF4.Rh/c1-12(2)30-20(24)16-17(21(25)31-13(3)4)35-38(34-16)28-10-9-11-29-39-36-18(22(26)32-14(5)6)19(37-39)23(27)33-15(7)8;1-2-4-6-8-7-5-3-1;2-1(3,4)5;/h12-19H,9-11H2,1-8H3;1-2,7-8H,3-6H2;;/q;;-1;/b;2-1-,8-7-;;/t16-,17-,18-,19-;;;/m1.../s1. The van der Waals surface area contributed by atoms with Gasteiger partial charge in [0.05, 0.1) is 37.6 Å². The summed E-state index contributed by atoms with van der Waals surface area (Å²) in [7, 11) is -10.1. The second-order valence-corrected chi connectivity index (χ2v) is 14.4. The molecule has 2 aliphatic heterocycles. The zero-order chi connectivity index (χ0) is 39.4. The van der Waals surface area contributed by atoms with Crippen LogP contribution in [0.1, 0.15) is 87.5 Å². The Morgan fingerprint density at radius 3 is 0.943 bits per heavy atom. The molecule has 3 aliphatic rings. The van der Waals surface area contributed by atoms with Gasteiger partial charge in [-0.1, -0.05) is 24.3 Å². The van der Waals surface area contributed by atoms with E-state index in [9.17, 15) is 36.4 Å². The summed E-state index contributed by atoms with van der Waals surface area (Å²) in [5.74, 6) is -3.05. The van der Waals surface area contributed by atoms with E-state index >= 15 is 0 Å². The van der Waals surface area contributed by atoms with Gasteiger partial charge < -0.3 is 45.3 Å². The van der Waals surface area contributed by atoms with Gasteiger partial charge in [0.2, 0.25) is 24.4 Å². The van der Waals surface area contributed by atoms with Gasteiger partial charge in [-0.2, -0.15) is 0 Å². The molecule has 0 aromatic heterocycles. The number of allylic oxidation sites excluding steroid dienone is 4. The van der Waals surface area contributed by atoms with Crippen molar-refractivity contribution in [2.24, 2.45) is 0 Å². The van der Waals surface area contributed by atoms with Crippen molar-refractivity contribution in [1.82, 2.24) is 0 Å². The number of carbonyl (C=O) groups is 4. The summed E-state index contributed by atoms with van der Waals surface area (Å²) in [4.78, 5) is 49.6. The van der Waals surface area contributed by atoms with E-state index in [2.05, 4.69) is 24.3 Å². The van der Waals surface area contributed by atoms with Crippen LogP contribution in [0.4, 0.5) is 17.3 Å². The second-order valence-electron chi connectivity index (χ2n) is 12.1. The number of carbonyl (C=O) groups excluding carboxylic acids is 4. The molecular weight excluding hydrogens is 848 g/mol. The summed E-state index contributed by atoms with van der Waals surface area (Å²) in [6.45, 7) is 13.4. The Labute approximate surface area is 323 Å². The van der Waals surface area contributed by atoms with Crippen LogP contribution in [0.3, 0.4) is 0 Å². The zero-order valence-electron chi connectivity index (χ0n) is 30.9. The predicted octanol–water partition coefficient (Wildman–Crippen LogP) is 7.21. The van der Waals surface area contributed by atoms with E-state index in [4.69, 9.17) is 46.1 Å². The van der Waals surface area contributed by atoms with Gasteiger partial charge in [0.1, 0.15) is 0 Å². The van der Waals surface area contributed by atoms with E-state index < -0.39 is 97.2 Å². The first-order chi connectivity index (χ1) is 24.3. The predicted molar refractivity (Wildman–Crippen MR) is 182 cm³/mol. The first-order valence-electron chi connectivity index (χ1n) is 16.8. The monoisotopic (exact) mass is 898 g/mol. The Hall–Kier alpha value is -1.61. The van der Waals surface area contributed by atoms with Crippen LogP contribution in [-0.2, 0) is 84.7 Å². The molecule has 2 heterocycles. The fraction of sp³-hybridized carbons (Fsp3) is 0.742. The number of rotatable bonds is 14. The van der Waals surface area contributed by atoms with E-state index in [0.29, 0.717) is 6.42 Å². The van der Waals surface area contributed by atoms with E-state index in [1.54, 1.807) is 55.4 Å². The molecule has 0 N–H and O–H groups in total. The molecule has 0 aromatic rings. The van der Waals surface area contributed by atoms with Crippen LogP contribution >= 0.6 is 17.2 Å². The Morgan fingerprint density at radius 1 is 0.547 bits per heavy atom. The molecule has 0 spiro atoms. The van der Waals surface area contributed by atoms with Gasteiger partial charge in [-0.3, -0.25) is 18.1 Å². The van der Waals surface area contributed by atoms with Crippen molar-refractivity contribution in [3.8, 4) is 0 Å². The van der Waals surface area contributed by atoms with E-state index in [0.717, 1.165) is 0 Å². The first-order valence-corrected chi connectivity index (χ1v) is 19.0. The minimum absolute atomic E-state index is 0. The summed E-state index contributed by atoms with van der Waals surface area (Å²) in [5.41, 5.74) is 0. The normalized spacial score (nSPS) is 23.1. The van der Waals surface area contributed by atoms with Crippen molar-refractivity contribution in [3.05, 3.63) is 24.3 Å². The number of hydrogen-bond donors (Lipinski definition) is 0. The molecule has 1 aliphatic carbocycles. The quantitative estimate of drug-likeness (QED) is 0.0327. The van der Waals surface area contributed by atoms with Crippen LogP contribution in [0, 0.1) is 0 Å². The number of hydrogen-bond acceptors (Lipinski definition) is 14. The molecule has 3 rings (SSSR count). The van der Waals surface area contributed by atoms with Crippen molar-refractivity contribution in [2.75, 3.05) is 13.2 Å². The van der Waals surface area contributed by atoms with Crippen LogP contribution < -0.4 is 0 Å². The molecular formula is C31H50BF4O14P2Rh-. The zero-order valence-corrected chi connectivity index (χ0v) is 34.3. The van der Waals surface area contributed by atoms with E-state index in [1.165, 1.54) is 25.7 Å². The maximum Gasteiger partial charge on any atom is 0.673 e. The maximum atomic E-state index is 12.4. The summed E-state index contributed by atoms with van der Waals surface area (Å²) in [5, 5.41) is 0. The third-order valence-corrected chi connectivity index (χ3v) is 8.08. The van der Waals surface area contributed by atoms with Gasteiger partial charge in [-0.05, 0) is 87.5 Å². The summed E-state index contributed by atoms with van der Waals surface area (Å²) < 4.78 is 92.8. The molecule has 14 nitrogen and oxygen atoms in total. The van der Waals surface area contributed by atoms with Crippen molar-refractivity contribution < 1.29 is 102 Å². The number of esters is 4. The Balaban J connectivity index is 0.00000162.